The third-order valence-corrected chi connectivity index (χ3v) is 2.80. The molecule has 1 aromatic rings. The number of rotatable bonds is 3. The van der Waals surface area contributed by atoms with Gasteiger partial charge in [-0.3, -0.25) is 4.79 Å². The van der Waals surface area contributed by atoms with Crippen LogP contribution in [-0.4, -0.2) is 33.5 Å². The molecule has 0 saturated heterocycles. The summed E-state index contributed by atoms with van der Waals surface area (Å²) in [6, 6.07) is 0. The molecule has 1 fully saturated rings. The summed E-state index contributed by atoms with van der Waals surface area (Å²) in [5.74, 6) is -0.0423. The Balaban J connectivity index is 2.23. The molecular weight excluding hydrogens is 182 g/mol. The molecule has 0 radical (unpaired) electrons. The number of hydrogen-bond acceptors (Lipinski definition) is 4. The average Bonchev–Trinajstić information content (AvgIpc) is 2.50. The van der Waals surface area contributed by atoms with Crippen molar-refractivity contribution in [2.75, 3.05) is 7.11 Å². The Labute approximate surface area is 82.1 Å². The topological polar surface area (TPSA) is 57.0 Å². The van der Waals surface area contributed by atoms with Crippen molar-refractivity contribution in [3.63, 3.8) is 0 Å². The van der Waals surface area contributed by atoms with Crippen LogP contribution in [0.2, 0.25) is 0 Å². The van der Waals surface area contributed by atoms with E-state index in [1.54, 1.807) is 14.2 Å². The normalized spacial score (nSPS) is 19.0. The summed E-state index contributed by atoms with van der Waals surface area (Å²) in [5.41, 5.74) is -0.218. The highest BCUT2D eigenvalue weighted by Crippen LogP contribution is 2.37. The Bertz CT molecular complexity index is 349. The first-order chi connectivity index (χ1) is 6.68. The number of methoxy groups -OCH3 is 1. The maximum absolute atomic E-state index is 12.0. The fraction of sp³-hybridized carbons (Fsp3) is 0.667. The molecule has 1 aliphatic carbocycles. The van der Waals surface area contributed by atoms with Gasteiger partial charge in [0.1, 0.15) is 5.60 Å². The summed E-state index contributed by atoms with van der Waals surface area (Å²) in [6.45, 7) is 0. The maximum Gasteiger partial charge on any atom is 0.216 e. The molecule has 0 amide bonds. The van der Waals surface area contributed by atoms with Crippen LogP contribution in [0.25, 0.3) is 0 Å². The average molecular weight is 195 g/mol. The lowest BCUT2D eigenvalue weighted by Crippen LogP contribution is -2.47. The van der Waals surface area contributed by atoms with Crippen molar-refractivity contribution in [1.29, 1.82) is 0 Å². The largest absolute Gasteiger partial charge is 0.370 e. The van der Waals surface area contributed by atoms with E-state index in [-0.39, 0.29) is 5.78 Å². The van der Waals surface area contributed by atoms with Gasteiger partial charge in [0.25, 0.3) is 0 Å². The second-order valence-corrected chi connectivity index (χ2v) is 3.60. The predicted molar refractivity (Wildman–Crippen MR) is 48.9 cm³/mol. The van der Waals surface area contributed by atoms with Crippen molar-refractivity contribution in [3.05, 3.63) is 11.9 Å². The summed E-state index contributed by atoms with van der Waals surface area (Å²) in [4.78, 5) is 13.3. The number of carbonyl (C=O) groups is 1. The first-order valence-corrected chi connectivity index (χ1v) is 4.64. The zero-order chi connectivity index (χ0) is 10.2. The number of aromatic nitrogens is 3. The second-order valence-electron chi connectivity index (χ2n) is 3.60. The Morgan fingerprint density at radius 1 is 1.64 bits per heavy atom. The summed E-state index contributed by atoms with van der Waals surface area (Å²) >= 11 is 0. The van der Waals surface area contributed by atoms with Crippen LogP contribution >= 0.6 is 0 Å². The van der Waals surface area contributed by atoms with Crippen LogP contribution in [0.1, 0.15) is 29.8 Å². The van der Waals surface area contributed by atoms with E-state index in [0.29, 0.717) is 5.69 Å². The van der Waals surface area contributed by atoms with Gasteiger partial charge >= 0.3 is 0 Å². The third-order valence-electron chi connectivity index (χ3n) is 2.80. The lowest BCUT2D eigenvalue weighted by Gasteiger charge is -2.37. The van der Waals surface area contributed by atoms with E-state index in [1.165, 1.54) is 11.0 Å². The van der Waals surface area contributed by atoms with Crippen LogP contribution in [0.5, 0.6) is 0 Å². The fourth-order valence-corrected chi connectivity index (χ4v) is 1.71. The van der Waals surface area contributed by atoms with E-state index >= 15 is 0 Å². The standard InChI is InChI=1S/C9H13N3O2/c1-12-10-6-7(11-12)8(13)9(14-2)4-3-5-9/h6H,3-5H2,1-2H3. The first-order valence-electron chi connectivity index (χ1n) is 4.64. The SMILES string of the molecule is COC1(C(=O)c2cnn(C)n2)CCC1. The monoisotopic (exact) mass is 195 g/mol. The van der Waals surface area contributed by atoms with Crippen molar-refractivity contribution < 1.29 is 9.53 Å². The van der Waals surface area contributed by atoms with E-state index in [0.717, 1.165) is 19.3 Å². The number of Topliss-reactive ketones (excluding diaryl/α,β-unsaturated/α-hetero) is 1. The second kappa shape index (κ2) is 3.16. The fourth-order valence-electron chi connectivity index (χ4n) is 1.71. The number of ether oxygens (including phenoxy) is 1. The molecule has 0 aromatic carbocycles. The van der Waals surface area contributed by atoms with E-state index < -0.39 is 5.60 Å². The van der Waals surface area contributed by atoms with Gasteiger partial charge in [-0.1, -0.05) is 0 Å². The van der Waals surface area contributed by atoms with Crippen LogP contribution in [0.15, 0.2) is 6.20 Å². The molecule has 14 heavy (non-hydrogen) atoms. The number of ketones is 1. The molecule has 0 unspecified atom stereocenters. The Kier molecular flexibility index (Phi) is 2.11. The summed E-state index contributed by atoms with van der Waals surface area (Å²) in [6.07, 6.45) is 4.11. The van der Waals surface area contributed by atoms with Gasteiger partial charge in [0.2, 0.25) is 5.78 Å². The molecule has 0 atom stereocenters. The summed E-state index contributed by atoms with van der Waals surface area (Å²) in [5, 5.41) is 7.86. The van der Waals surface area contributed by atoms with E-state index in [2.05, 4.69) is 10.2 Å². The summed E-state index contributed by atoms with van der Waals surface area (Å²) in [7, 11) is 3.27. The molecule has 0 spiro atoms. The molecule has 76 valence electrons. The van der Waals surface area contributed by atoms with Crippen LogP contribution in [-0.2, 0) is 11.8 Å². The molecule has 2 rings (SSSR count). The molecule has 5 nitrogen and oxygen atoms in total. The smallest absolute Gasteiger partial charge is 0.216 e. The molecule has 0 bridgehead atoms. The summed E-state index contributed by atoms with van der Waals surface area (Å²) < 4.78 is 5.27. The number of hydrogen-bond donors (Lipinski definition) is 0. The van der Waals surface area contributed by atoms with Gasteiger partial charge in [-0.25, -0.2) is 0 Å². The molecule has 5 heteroatoms. The number of nitrogens with zero attached hydrogens (tertiary/aromatic N) is 3. The van der Waals surface area contributed by atoms with Gasteiger partial charge in [0.15, 0.2) is 5.69 Å². The van der Waals surface area contributed by atoms with Crippen molar-refractivity contribution in [3.8, 4) is 0 Å². The van der Waals surface area contributed by atoms with Crippen LogP contribution in [0, 0.1) is 0 Å². The van der Waals surface area contributed by atoms with Gasteiger partial charge in [-0.2, -0.15) is 15.0 Å². The highest BCUT2D eigenvalue weighted by atomic mass is 16.5. The molecule has 1 saturated carbocycles. The highest BCUT2D eigenvalue weighted by molar-refractivity contribution is 6.01. The van der Waals surface area contributed by atoms with Crippen molar-refractivity contribution in [2.45, 2.75) is 24.9 Å². The highest BCUT2D eigenvalue weighted by Gasteiger charge is 2.45. The molecule has 1 aliphatic rings. The maximum atomic E-state index is 12.0. The zero-order valence-corrected chi connectivity index (χ0v) is 8.36. The molecular formula is C9H13N3O2. The van der Waals surface area contributed by atoms with Crippen molar-refractivity contribution >= 4 is 5.78 Å². The zero-order valence-electron chi connectivity index (χ0n) is 8.36. The third kappa shape index (κ3) is 1.24. The molecule has 1 heterocycles. The molecule has 0 N–H and O–H groups in total. The Morgan fingerprint density at radius 2 is 2.36 bits per heavy atom. The van der Waals surface area contributed by atoms with Crippen LogP contribution in [0.4, 0.5) is 0 Å². The minimum atomic E-state index is -0.615. The van der Waals surface area contributed by atoms with E-state index in [9.17, 15) is 4.79 Å². The number of aryl methyl sites for hydroxylation is 1. The minimum Gasteiger partial charge on any atom is -0.370 e. The minimum absolute atomic E-state index is 0.0423. The van der Waals surface area contributed by atoms with E-state index in [4.69, 9.17) is 4.74 Å². The quantitative estimate of drug-likeness (QED) is 0.661. The van der Waals surface area contributed by atoms with Crippen molar-refractivity contribution in [2.24, 2.45) is 7.05 Å². The van der Waals surface area contributed by atoms with E-state index in [1.807, 2.05) is 0 Å². The lowest BCUT2D eigenvalue weighted by molar-refractivity contribution is -0.0451. The van der Waals surface area contributed by atoms with Crippen molar-refractivity contribution in [1.82, 2.24) is 15.0 Å². The van der Waals surface area contributed by atoms with Gasteiger partial charge in [-0.15, -0.1) is 0 Å². The Morgan fingerprint density at radius 3 is 2.71 bits per heavy atom. The Hall–Kier alpha value is -1.23. The molecule has 1 aromatic heterocycles. The first kappa shape index (κ1) is 9.33. The number of carbonyl (C=O) groups excluding carboxylic acids is 1. The lowest BCUT2D eigenvalue weighted by atomic mass is 9.76. The van der Waals surface area contributed by atoms with Gasteiger partial charge in [0, 0.05) is 14.2 Å². The van der Waals surface area contributed by atoms with Crippen LogP contribution in [0.3, 0.4) is 0 Å². The van der Waals surface area contributed by atoms with Gasteiger partial charge < -0.3 is 4.74 Å². The predicted octanol–water partition coefficient (Wildman–Crippen LogP) is 0.567. The van der Waals surface area contributed by atoms with Gasteiger partial charge in [-0.05, 0) is 19.3 Å². The molecule has 0 aliphatic heterocycles. The van der Waals surface area contributed by atoms with Gasteiger partial charge in [0.05, 0.1) is 6.20 Å². The van der Waals surface area contributed by atoms with Crippen LogP contribution < -0.4 is 0 Å².